The average molecular weight is 404 g/mol. The Hall–Kier alpha value is -2.96. The van der Waals surface area contributed by atoms with E-state index in [0.717, 1.165) is 24.3 Å². The van der Waals surface area contributed by atoms with Crippen molar-refractivity contribution in [1.29, 1.82) is 0 Å². The number of thiophene rings is 1. The molecule has 0 spiro atoms. The molecule has 0 fully saturated rings. The number of fused-ring (bicyclic) bond motifs is 1. The fourth-order valence-electron chi connectivity index (χ4n) is 3.14. The van der Waals surface area contributed by atoms with E-state index in [-0.39, 0.29) is 0 Å². The van der Waals surface area contributed by atoms with Crippen LogP contribution in [0.5, 0.6) is 0 Å². The van der Waals surface area contributed by atoms with E-state index in [1.165, 1.54) is 21.3 Å². The molecule has 1 N–H and O–H groups in total. The lowest BCUT2D eigenvalue weighted by atomic mass is 10.1. The summed E-state index contributed by atoms with van der Waals surface area (Å²) in [6.07, 6.45) is 3.76. The van der Waals surface area contributed by atoms with E-state index in [4.69, 9.17) is 0 Å². The molecule has 4 rings (SSSR count). The highest BCUT2D eigenvalue weighted by Gasteiger charge is 2.08. The third-order valence-corrected chi connectivity index (χ3v) is 5.85. The second-order valence-electron chi connectivity index (χ2n) is 7.34. The lowest BCUT2D eigenvalue weighted by Crippen LogP contribution is -2.28. The first-order chi connectivity index (χ1) is 14.1. The monoisotopic (exact) mass is 403 g/mol. The number of hydrogen-bond donors (Lipinski definition) is 1. The number of nitrogens with zero attached hydrogens (tertiary/aromatic N) is 4. The molecule has 0 aliphatic heterocycles. The topological polar surface area (TPSA) is 44.3 Å². The minimum absolute atomic E-state index is 0.599. The first kappa shape index (κ1) is 19.4. The number of aromatic nitrogens is 2. The lowest BCUT2D eigenvalue weighted by molar-refractivity contribution is 0.416. The summed E-state index contributed by atoms with van der Waals surface area (Å²) in [6.45, 7) is 2.01. The first-order valence-electron chi connectivity index (χ1n) is 9.62. The summed E-state index contributed by atoms with van der Waals surface area (Å²) in [7, 11) is 6.29. The van der Waals surface area contributed by atoms with Crippen LogP contribution >= 0.6 is 11.3 Å². The van der Waals surface area contributed by atoms with Crippen molar-refractivity contribution in [2.75, 3.05) is 44.4 Å². The van der Waals surface area contributed by atoms with Gasteiger partial charge >= 0.3 is 0 Å². The summed E-state index contributed by atoms with van der Waals surface area (Å²) in [5.74, 6) is 0.599. The Balaban J connectivity index is 1.44. The van der Waals surface area contributed by atoms with E-state index >= 15 is 0 Å². The van der Waals surface area contributed by atoms with Gasteiger partial charge in [0.1, 0.15) is 0 Å². The van der Waals surface area contributed by atoms with Gasteiger partial charge in [0.2, 0.25) is 5.95 Å². The van der Waals surface area contributed by atoms with Crippen molar-refractivity contribution in [2.45, 2.75) is 0 Å². The highest BCUT2D eigenvalue weighted by Crippen LogP contribution is 2.33. The van der Waals surface area contributed by atoms with Gasteiger partial charge in [0, 0.05) is 65.1 Å². The third-order valence-electron chi connectivity index (χ3n) is 4.89. The number of rotatable bonds is 7. The maximum atomic E-state index is 4.51. The van der Waals surface area contributed by atoms with Gasteiger partial charge in [-0.25, -0.2) is 9.97 Å². The third kappa shape index (κ3) is 4.55. The lowest BCUT2D eigenvalue weighted by Gasteiger charge is -2.21. The Labute approximate surface area is 175 Å². The summed E-state index contributed by atoms with van der Waals surface area (Å²) in [5, 5.41) is 6.70. The number of anilines is 3. The van der Waals surface area contributed by atoms with Gasteiger partial charge < -0.3 is 15.1 Å². The van der Waals surface area contributed by atoms with Crippen LogP contribution in [0.2, 0.25) is 0 Å². The van der Waals surface area contributed by atoms with E-state index in [1.807, 2.05) is 12.4 Å². The number of likely N-dealkylation sites (N-methyl/N-ethyl adjacent to an activating group) is 2. The Bertz CT molecular complexity index is 1070. The van der Waals surface area contributed by atoms with Gasteiger partial charge in [0.05, 0.1) is 0 Å². The fraction of sp³-hybridized carbons (Fsp3) is 0.217. The number of nitrogens with one attached hydrogen (secondary N) is 1. The quantitative estimate of drug-likeness (QED) is 0.465. The molecule has 6 heteroatoms. The summed E-state index contributed by atoms with van der Waals surface area (Å²) in [6, 6.07) is 16.8. The molecule has 0 amide bonds. The van der Waals surface area contributed by atoms with E-state index in [2.05, 4.69) is 100 Å². The predicted octanol–water partition coefficient (Wildman–Crippen LogP) is 5.10. The molecule has 0 saturated carbocycles. The molecule has 2 aromatic heterocycles. The molecule has 0 bridgehead atoms. The number of hydrogen-bond acceptors (Lipinski definition) is 6. The van der Waals surface area contributed by atoms with Crippen molar-refractivity contribution in [3.8, 4) is 11.1 Å². The van der Waals surface area contributed by atoms with Gasteiger partial charge in [-0.15, -0.1) is 11.3 Å². The largest absolute Gasteiger partial charge is 0.373 e. The summed E-state index contributed by atoms with van der Waals surface area (Å²) < 4.78 is 1.28. The van der Waals surface area contributed by atoms with Gasteiger partial charge in [0.15, 0.2) is 0 Å². The van der Waals surface area contributed by atoms with Crippen molar-refractivity contribution in [1.82, 2.24) is 14.9 Å². The van der Waals surface area contributed by atoms with Crippen LogP contribution in [0.1, 0.15) is 0 Å². The van der Waals surface area contributed by atoms with Crippen LogP contribution in [0.3, 0.4) is 0 Å². The van der Waals surface area contributed by atoms with Crippen LogP contribution in [0.25, 0.3) is 21.2 Å². The zero-order valence-corrected chi connectivity index (χ0v) is 17.8. The van der Waals surface area contributed by atoms with Crippen LogP contribution in [0.4, 0.5) is 17.3 Å². The molecule has 0 aliphatic carbocycles. The molecule has 0 saturated heterocycles. The maximum Gasteiger partial charge on any atom is 0.227 e. The highest BCUT2D eigenvalue weighted by molar-refractivity contribution is 7.17. The minimum atomic E-state index is 0.599. The van der Waals surface area contributed by atoms with Crippen molar-refractivity contribution in [3.05, 3.63) is 66.3 Å². The zero-order valence-electron chi connectivity index (χ0n) is 17.0. The maximum absolute atomic E-state index is 4.51. The highest BCUT2D eigenvalue weighted by atomic mass is 32.1. The second-order valence-corrected chi connectivity index (χ2v) is 8.25. The van der Waals surface area contributed by atoms with E-state index < -0.39 is 0 Å². The van der Waals surface area contributed by atoms with Gasteiger partial charge in [-0.3, -0.25) is 0 Å². The average Bonchev–Trinajstić information content (AvgIpc) is 3.17. The Morgan fingerprint density at radius 2 is 1.62 bits per heavy atom. The summed E-state index contributed by atoms with van der Waals surface area (Å²) in [4.78, 5) is 13.5. The minimum Gasteiger partial charge on any atom is -0.373 e. The van der Waals surface area contributed by atoms with Crippen LogP contribution < -0.4 is 10.2 Å². The molecule has 5 nitrogen and oxygen atoms in total. The van der Waals surface area contributed by atoms with Gasteiger partial charge in [-0.05, 0) is 49.8 Å². The van der Waals surface area contributed by atoms with Crippen molar-refractivity contribution in [3.63, 3.8) is 0 Å². The van der Waals surface area contributed by atoms with E-state index in [9.17, 15) is 0 Å². The molecule has 4 aromatic rings. The normalized spacial score (nSPS) is 11.2. The van der Waals surface area contributed by atoms with Crippen molar-refractivity contribution < 1.29 is 0 Å². The summed E-state index contributed by atoms with van der Waals surface area (Å²) >= 11 is 1.75. The Morgan fingerprint density at radius 3 is 2.34 bits per heavy atom. The first-order valence-corrected chi connectivity index (χ1v) is 10.5. The van der Waals surface area contributed by atoms with E-state index in [1.54, 1.807) is 11.3 Å². The second kappa shape index (κ2) is 8.59. The fourth-order valence-corrected chi connectivity index (χ4v) is 4.11. The molecule has 0 unspecified atom stereocenters. The van der Waals surface area contributed by atoms with Gasteiger partial charge in [-0.1, -0.05) is 18.2 Å². The van der Waals surface area contributed by atoms with Crippen LogP contribution in [0, 0.1) is 0 Å². The molecular formula is C23H25N5S. The molecule has 148 valence electrons. The van der Waals surface area contributed by atoms with Crippen LogP contribution in [-0.4, -0.2) is 49.1 Å². The van der Waals surface area contributed by atoms with Gasteiger partial charge in [-0.2, -0.15) is 0 Å². The molecule has 29 heavy (non-hydrogen) atoms. The Kier molecular flexibility index (Phi) is 5.74. The molecule has 2 heterocycles. The SMILES string of the molecule is CN(C)CCN(C)c1ccc(Nc2ncc(-c3csc4ccccc34)cn2)cc1. The molecule has 0 radical (unpaired) electrons. The molecule has 0 aliphatic rings. The predicted molar refractivity (Wildman–Crippen MR) is 124 cm³/mol. The van der Waals surface area contributed by atoms with Crippen molar-refractivity contribution >= 4 is 38.7 Å². The Morgan fingerprint density at radius 1 is 0.897 bits per heavy atom. The van der Waals surface area contributed by atoms with Crippen LogP contribution in [0.15, 0.2) is 66.3 Å². The molecular weight excluding hydrogens is 378 g/mol. The smallest absolute Gasteiger partial charge is 0.227 e. The molecule has 0 atom stereocenters. The van der Waals surface area contributed by atoms with Gasteiger partial charge in [0.25, 0.3) is 0 Å². The molecule has 2 aromatic carbocycles. The zero-order chi connectivity index (χ0) is 20.2. The number of benzene rings is 2. The summed E-state index contributed by atoms with van der Waals surface area (Å²) in [5.41, 5.74) is 4.38. The van der Waals surface area contributed by atoms with Crippen LogP contribution in [-0.2, 0) is 0 Å². The van der Waals surface area contributed by atoms with Crippen molar-refractivity contribution in [2.24, 2.45) is 0 Å². The standard InChI is InChI=1S/C23H25N5S/c1-27(2)12-13-28(3)19-10-8-18(9-11-19)26-23-24-14-17(15-25-23)21-16-29-22-7-5-4-6-20(21)22/h4-11,14-16H,12-13H2,1-3H3,(H,24,25,26). The van der Waals surface area contributed by atoms with E-state index in [0.29, 0.717) is 5.95 Å².